The molecule has 2 saturated carbocycles. The van der Waals surface area contributed by atoms with Crippen LogP contribution in [0.15, 0.2) is 24.3 Å². The van der Waals surface area contributed by atoms with Crippen molar-refractivity contribution in [1.29, 1.82) is 0 Å². The van der Waals surface area contributed by atoms with Gasteiger partial charge in [0.2, 0.25) is 0 Å². The topological polar surface area (TPSA) is 26.0 Å². The summed E-state index contributed by atoms with van der Waals surface area (Å²) in [7, 11) is 0. The van der Waals surface area contributed by atoms with Crippen LogP contribution in [0.2, 0.25) is 5.02 Å². The lowest BCUT2D eigenvalue weighted by Crippen LogP contribution is -2.43. The Labute approximate surface area is 108 Å². The fourth-order valence-electron chi connectivity index (χ4n) is 4.02. The van der Waals surface area contributed by atoms with E-state index in [1.54, 1.807) is 0 Å². The second-order valence-corrected chi connectivity index (χ2v) is 6.51. The molecule has 92 valence electrons. The molecule has 3 rings (SSSR count). The minimum atomic E-state index is -0.218. The minimum absolute atomic E-state index is 0.218. The van der Waals surface area contributed by atoms with Gasteiger partial charge in [0.15, 0.2) is 0 Å². The van der Waals surface area contributed by atoms with Gasteiger partial charge >= 0.3 is 0 Å². The summed E-state index contributed by atoms with van der Waals surface area (Å²) >= 11 is 6.08. The Bertz CT molecular complexity index is 427. The highest BCUT2D eigenvalue weighted by Crippen LogP contribution is 2.53. The molecule has 2 bridgehead atoms. The van der Waals surface area contributed by atoms with Crippen LogP contribution in [0.5, 0.6) is 0 Å². The van der Waals surface area contributed by atoms with E-state index >= 15 is 0 Å². The lowest BCUT2D eigenvalue weighted by Gasteiger charge is -2.37. The Kier molecular flexibility index (Phi) is 2.72. The van der Waals surface area contributed by atoms with Crippen molar-refractivity contribution in [3.63, 3.8) is 0 Å². The smallest absolute Gasteiger partial charge is 0.0412 e. The van der Waals surface area contributed by atoms with Crippen molar-refractivity contribution in [2.24, 2.45) is 23.5 Å². The highest BCUT2D eigenvalue weighted by atomic mass is 35.5. The number of rotatable bonds is 2. The number of hydrogen-bond donors (Lipinski definition) is 1. The van der Waals surface area contributed by atoms with E-state index in [9.17, 15) is 0 Å². The second-order valence-electron chi connectivity index (χ2n) is 6.07. The largest absolute Gasteiger partial charge is 0.321 e. The molecular formula is C15H20ClN. The maximum Gasteiger partial charge on any atom is 0.0412 e. The number of fused-ring (bicyclic) bond motifs is 2. The van der Waals surface area contributed by atoms with E-state index in [0.717, 1.165) is 16.9 Å². The summed E-state index contributed by atoms with van der Waals surface area (Å²) in [6.07, 6.45) is 5.51. The molecule has 1 aromatic rings. The summed E-state index contributed by atoms with van der Waals surface area (Å²) in [4.78, 5) is 0. The monoisotopic (exact) mass is 249 g/mol. The van der Waals surface area contributed by atoms with Crippen LogP contribution >= 0.6 is 11.6 Å². The average molecular weight is 250 g/mol. The van der Waals surface area contributed by atoms with Gasteiger partial charge < -0.3 is 5.73 Å². The first kappa shape index (κ1) is 11.6. The predicted octanol–water partition coefficient (Wildman–Crippen LogP) is 3.95. The van der Waals surface area contributed by atoms with E-state index in [1.165, 1.54) is 31.2 Å². The van der Waals surface area contributed by atoms with Crippen molar-refractivity contribution in [3.05, 3.63) is 34.9 Å². The van der Waals surface area contributed by atoms with Gasteiger partial charge in [0, 0.05) is 10.6 Å². The van der Waals surface area contributed by atoms with E-state index in [0.29, 0.717) is 5.92 Å². The van der Waals surface area contributed by atoms with Gasteiger partial charge in [-0.3, -0.25) is 0 Å². The molecule has 4 atom stereocenters. The zero-order valence-electron chi connectivity index (χ0n) is 10.3. The molecule has 4 unspecified atom stereocenters. The molecule has 0 amide bonds. The summed E-state index contributed by atoms with van der Waals surface area (Å²) in [5.41, 5.74) is 7.62. The molecule has 0 saturated heterocycles. The van der Waals surface area contributed by atoms with Crippen molar-refractivity contribution in [2.75, 3.05) is 0 Å². The molecule has 2 N–H and O–H groups in total. The molecule has 17 heavy (non-hydrogen) atoms. The summed E-state index contributed by atoms with van der Waals surface area (Å²) in [5, 5.41) is 0.794. The van der Waals surface area contributed by atoms with Gasteiger partial charge in [-0.25, -0.2) is 0 Å². The summed E-state index contributed by atoms with van der Waals surface area (Å²) in [6.45, 7) is 2.18. The van der Waals surface area contributed by atoms with Gasteiger partial charge in [-0.2, -0.15) is 0 Å². The highest BCUT2D eigenvalue weighted by Gasteiger charge is 2.47. The Morgan fingerprint density at radius 3 is 2.71 bits per heavy atom. The molecule has 2 heteroatoms. The third-order valence-electron chi connectivity index (χ3n) is 4.95. The quantitative estimate of drug-likeness (QED) is 0.844. The van der Waals surface area contributed by atoms with Crippen LogP contribution in [0.3, 0.4) is 0 Å². The predicted molar refractivity (Wildman–Crippen MR) is 71.9 cm³/mol. The summed E-state index contributed by atoms with van der Waals surface area (Å²) in [6, 6.07) is 8.09. The van der Waals surface area contributed by atoms with E-state index in [4.69, 9.17) is 17.3 Å². The van der Waals surface area contributed by atoms with E-state index in [1.807, 2.05) is 18.2 Å². The normalized spacial score (nSPS) is 34.9. The van der Waals surface area contributed by atoms with Gasteiger partial charge in [0.25, 0.3) is 0 Å². The zero-order valence-corrected chi connectivity index (χ0v) is 11.1. The van der Waals surface area contributed by atoms with Gasteiger partial charge in [-0.05, 0) is 61.6 Å². The average Bonchev–Trinajstić information content (AvgIpc) is 2.91. The molecule has 2 aliphatic rings. The SMILES string of the molecule is CC(N)(c1cccc(Cl)c1)C1CC2CCC1C2. The van der Waals surface area contributed by atoms with Crippen LogP contribution in [-0.4, -0.2) is 0 Å². The summed E-state index contributed by atoms with van der Waals surface area (Å²) in [5.74, 6) is 2.42. The molecule has 1 nitrogen and oxygen atoms in total. The van der Waals surface area contributed by atoms with Crippen LogP contribution in [0, 0.1) is 17.8 Å². The molecule has 2 fully saturated rings. The molecular weight excluding hydrogens is 230 g/mol. The molecule has 0 radical (unpaired) electrons. The molecule has 0 aromatic heterocycles. The second kappa shape index (κ2) is 4.00. The van der Waals surface area contributed by atoms with E-state index in [2.05, 4.69) is 13.0 Å². The zero-order chi connectivity index (χ0) is 12.0. The van der Waals surface area contributed by atoms with Crippen LogP contribution in [0.25, 0.3) is 0 Å². The molecule has 0 heterocycles. The van der Waals surface area contributed by atoms with Crippen molar-refractivity contribution < 1.29 is 0 Å². The first-order valence-corrected chi connectivity index (χ1v) is 7.00. The van der Waals surface area contributed by atoms with Crippen molar-refractivity contribution >= 4 is 11.6 Å². The molecule has 0 spiro atoms. The first-order valence-electron chi connectivity index (χ1n) is 6.62. The van der Waals surface area contributed by atoms with Gasteiger partial charge in [-0.15, -0.1) is 0 Å². The van der Waals surface area contributed by atoms with Gasteiger partial charge in [0.1, 0.15) is 0 Å². The molecule has 1 aromatic carbocycles. The number of halogens is 1. The Morgan fingerprint density at radius 2 is 2.12 bits per heavy atom. The standard InChI is InChI=1S/C15H20ClN/c1-15(17,12-3-2-4-13(16)9-12)14-8-10-5-6-11(14)7-10/h2-4,9-11,14H,5-8,17H2,1H3. The van der Waals surface area contributed by atoms with Gasteiger partial charge in [0.05, 0.1) is 0 Å². The first-order chi connectivity index (χ1) is 8.07. The molecule has 2 aliphatic carbocycles. The van der Waals surface area contributed by atoms with Crippen molar-refractivity contribution in [2.45, 2.75) is 38.1 Å². The Hall–Kier alpha value is -0.530. The fraction of sp³-hybridized carbons (Fsp3) is 0.600. The fourth-order valence-corrected chi connectivity index (χ4v) is 4.21. The van der Waals surface area contributed by atoms with Crippen LogP contribution in [0.4, 0.5) is 0 Å². The lowest BCUT2D eigenvalue weighted by atomic mass is 9.72. The van der Waals surface area contributed by atoms with Crippen LogP contribution in [-0.2, 0) is 5.54 Å². The Morgan fingerprint density at radius 1 is 1.29 bits per heavy atom. The van der Waals surface area contributed by atoms with Crippen molar-refractivity contribution in [3.8, 4) is 0 Å². The maximum atomic E-state index is 6.64. The molecule has 0 aliphatic heterocycles. The van der Waals surface area contributed by atoms with Gasteiger partial charge in [-0.1, -0.05) is 30.2 Å². The van der Waals surface area contributed by atoms with E-state index in [-0.39, 0.29) is 5.54 Å². The van der Waals surface area contributed by atoms with Crippen LogP contribution < -0.4 is 5.73 Å². The minimum Gasteiger partial charge on any atom is -0.321 e. The Balaban J connectivity index is 1.90. The van der Waals surface area contributed by atoms with Crippen LogP contribution in [0.1, 0.15) is 38.2 Å². The number of hydrogen-bond acceptors (Lipinski definition) is 1. The number of nitrogens with two attached hydrogens (primary N) is 1. The third kappa shape index (κ3) is 1.90. The highest BCUT2D eigenvalue weighted by molar-refractivity contribution is 6.30. The third-order valence-corrected chi connectivity index (χ3v) is 5.19. The summed E-state index contributed by atoms with van der Waals surface area (Å²) < 4.78 is 0. The lowest BCUT2D eigenvalue weighted by molar-refractivity contribution is 0.204. The number of benzene rings is 1. The van der Waals surface area contributed by atoms with Crippen molar-refractivity contribution in [1.82, 2.24) is 0 Å². The maximum absolute atomic E-state index is 6.64. The van der Waals surface area contributed by atoms with E-state index < -0.39 is 0 Å².